The Kier molecular flexibility index (Phi) is 40.6. The third-order valence-electron chi connectivity index (χ3n) is 9.97. The van der Waals surface area contributed by atoms with Crippen LogP contribution < -0.4 is 10.6 Å². The Morgan fingerprint density at radius 2 is 0.983 bits per heavy atom. The number of unbranched alkanes of at least 4 members (excludes halogenated alkanes) is 19. The maximum absolute atomic E-state index is 12.7. The first-order chi connectivity index (χ1) is 28.3. The lowest BCUT2D eigenvalue weighted by Gasteiger charge is -2.15. The number of allylic oxidation sites excluding steroid dienone is 9. The number of hydrogen-bond donors (Lipinski definition) is 4. The van der Waals surface area contributed by atoms with E-state index in [2.05, 4.69) is 79.2 Å². The molecule has 0 aliphatic heterocycles. The molecule has 2 unspecified atom stereocenters. The lowest BCUT2D eigenvalue weighted by Crippen LogP contribution is -2.47. The highest BCUT2D eigenvalue weighted by molar-refractivity contribution is 5.87. The molecule has 2 atom stereocenters. The van der Waals surface area contributed by atoms with Crippen molar-refractivity contribution >= 4 is 23.8 Å². The lowest BCUT2D eigenvalue weighted by atomic mass is 10.1. The molecule has 0 aliphatic carbocycles. The molecule has 0 spiro atoms. The van der Waals surface area contributed by atoms with Crippen molar-refractivity contribution in [1.82, 2.24) is 10.6 Å². The molecule has 0 rings (SSSR count). The second kappa shape index (κ2) is 43.1. The van der Waals surface area contributed by atoms with E-state index in [0.29, 0.717) is 12.8 Å². The highest BCUT2D eigenvalue weighted by Crippen LogP contribution is 2.15. The smallest absolute Gasteiger partial charge is 0.328 e. The van der Waals surface area contributed by atoms with Crippen molar-refractivity contribution in [1.29, 1.82) is 0 Å². The Morgan fingerprint density at radius 3 is 1.53 bits per heavy atom. The van der Waals surface area contributed by atoms with Crippen LogP contribution in [-0.2, 0) is 23.9 Å². The van der Waals surface area contributed by atoms with Gasteiger partial charge in [0.2, 0.25) is 11.8 Å². The molecule has 0 radical (unpaired) electrons. The molecule has 0 aromatic rings. The molecule has 2 amide bonds. The number of hydrogen-bond acceptors (Lipinski definition) is 6. The van der Waals surface area contributed by atoms with Crippen LogP contribution in [0.3, 0.4) is 0 Å². The second-order valence-electron chi connectivity index (χ2n) is 15.5. The number of rotatable bonds is 41. The lowest BCUT2D eigenvalue weighted by molar-refractivity contribution is -0.147. The van der Waals surface area contributed by atoms with Gasteiger partial charge in [0, 0.05) is 12.8 Å². The fourth-order valence-electron chi connectivity index (χ4n) is 6.38. The van der Waals surface area contributed by atoms with E-state index in [1.165, 1.54) is 89.9 Å². The molecular weight excluding hydrogens is 729 g/mol. The molecule has 0 aliphatic rings. The van der Waals surface area contributed by atoms with Crippen LogP contribution >= 0.6 is 0 Å². The van der Waals surface area contributed by atoms with Crippen molar-refractivity contribution in [3.05, 3.63) is 60.8 Å². The monoisotopic (exact) mass is 813 g/mol. The Hall–Kier alpha value is -3.46. The first kappa shape index (κ1) is 54.5. The minimum Gasteiger partial charge on any atom is -0.480 e. The Bertz CT molecular complexity index is 1160. The average molecular weight is 813 g/mol. The first-order valence-corrected chi connectivity index (χ1v) is 23.2. The number of aliphatic carboxylic acids is 1. The maximum Gasteiger partial charge on any atom is 0.328 e. The zero-order chi connectivity index (χ0) is 42.6. The van der Waals surface area contributed by atoms with Gasteiger partial charge in [0.05, 0.1) is 13.2 Å². The first-order valence-electron chi connectivity index (χ1n) is 23.2. The van der Waals surface area contributed by atoms with Crippen LogP contribution in [0.1, 0.15) is 200 Å². The summed E-state index contributed by atoms with van der Waals surface area (Å²) in [5.41, 5.74) is 0. The van der Waals surface area contributed by atoms with Gasteiger partial charge in [-0.25, -0.2) is 4.79 Å². The number of carboxylic acids is 1. The third-order valence-corrected chi connectivity index (χ3v) is 9.97. The summed E-state index contributed by atoms with van der Waals surface area (Å²) >= 11 is 0. The van der Waals surface area contributed by atoms with E-state index in [9.17, 15) is 19.2 Å². The minimum absolute atomic E-state index is 0.136. The fourth-order valence-corrected chi connectivity index (χ4v) is 6.38. The van der Waals surface area contributed by atoms with Crippen molar-refractivity contribution in [2.24, 2.45) is 0 Å². The van der Waals surface area contributed by atoms with Gasteiger partial charge < -0.3 is 25.6 Å². The molecular formula is C49H84N2O7. The summed E-state index contributed by atoms with van der Waals surface area (Å²) in [6.45, 7) is 3.40. The Morgan fingerprint density at radius 1 is 0.534 bits per heavy atom. The molecule has 0 aromatic carbocycles. The highest BCUT2D eigenvalue weighted by atomic mass is 16.5. The summed E-state index contributed by atoms with van der Waals surface area (Å²) < 4.78 is 5.89. The van der Waals surface area contributed by atoms with Crippen LogP contribution in [-0.4, -0.2) is 59.3 Å². The number of aliphatic hydroxyl groups is 1. The molecule has 4 N–H and O–H groups in total. The van der Waals surface area contributed by atoms with Gasteiger partial charge in [-0.3, -0.25) is 14.4 Å². The van der Waals surface area contributed by atoms with Gasteiger partial charge in [0.1, 0.15) is 12.1 Å². The molecule has 0 saturated carbocycles. The summed E-state index contributed by atoms with van der Waals surface area (Å²) in [5.74, 6) is -2.43. The van der Waals surface area contributed by atoms with Crippen LogP contribution in [0.5, 0.6) is 0 Å². The van der Waals surface area contributed by atoms with E-state index < -0.39 is 24.5 Å². The molecule has 332 valence electrons. The van der Waals surface area contributed by atoms with Crippen molar-refractivity contribution in [3.63, 3.8) is 0 Å². The topological polar surface area (TPSA) is 142 Å². The van der Waals surface area contributed by atoms with Crippen molar-refractivity contribution < 1.29 is 34.1 Å². The summed E-state index contributed by atoms with van der Waals surface area (Å²) in [6, 6.07) is -1.39. The Balaban J connectivity index is 4.19. The summed E-state index contributed by atoms with van der Waals surface area (Å²) in [5, 5.41) is 22.5. The number of esters is 1. The minimum atomic E-state index is -1.39. The summed E-state index contributed by atoms with van der Waals surface area (Å²) in [6.07, 6.45) is 52.8. The van der Waals surface area contributed by atoms with Crippen molar-refractivity contribution in [3.8, 4) is 0 Å². The Labute approximate surface area is 353 Å². The zero-order valence-electron chi connectivity index (χ0n) is 36.8. The van der Waals surface area contributed by atoms with Crippen LogP contribution in [0, 0.1) is 0 Å². The number of ether oxygens (including phenoxy) is 1. The second-order valence-corrected chi connectivity index (χ2v) is 15.5. The predicted octanol–water partition coefficient (Wildman–Crippen LogP) is 11.7. The molecule has 0 fully saturated rings. The van der Waals surface area contributed by atoms with Gasteiger partial charge >= 0.3 is 11.9 Å². The van der Waals surface area contributed by atoms with Crippen LogP contribution in [0.2, 0.25) is 0 Å². The number of amides is 2. The van der Waals surface area contributed by atoms with E-state index in [1.54, 1.807) is 0 Å². The third kappa shape index (κ3) is 39.4. The maximum atomic E-state index is 12.7. The van der Waals surface area contributed by atoms with Gasteiger partial charge in [0.25, 0.3) is 0 Å². The number of aliphatic hydroxyl groups excluding tert-OH is 1. The summed E-state index contributed by atoms with van der Waals surface area (Å²) in [4.78, 5) is 47.6. The van der Waals surface area contributed by atoms with Gasteiger partial charge in [0.15, 0.2) is 0 Å². The number of nitrogens with one attached hydrogen (secondary N) is 2. The molecule has 0 aromatic heterocycles. The predicted molar refractivity (Wildman–Crippen MR) is 240 cm³/mol. The van der Waals surface area contributed by atoms with E-state index in [0.717, 1.165) is 77.0 Å². The largest absolute Gasteiger partial charge is 0.480 e. The van der Waals surface area contributed by atoms with Gasteiger partial charge in [-0.05, 0) is 89.5 Å². The SMILES string of the molecule is CCCCC/C=C\C/C=C\C(CCCCCCC(=O)NCC(=O)NC(CO)C(=O)O)OC(=O)CCCCCCCCCC/C=C\C/C=C\C/C=C\CCCCCCC. The zero-order valence-corrected chi connectivity index (χ0v) is 36.8. The summed E-state index contributed by atoms with van der Waals surface area (Å²) in [7, 11) is 0. The normalized spacial score (nSPS) is 13.0. The van der Waals surface area contributed by atoms with Crippen LogP contribution in [0.25, 0.3) is 0 Å². The van der Waals surface area contributed by atoms with E-state index in [1.807, 2.05) is 6.08 Å². The average Bonchev–Trinajstić information content (AvgIpc) is 3.21. The molecule has 58 heavy (non-hydrogen) atoms. The number of carboxylic acid groups (broad SMARTS) is 1. The molecule has 9 heteroatoms. The fraction of sp³-hybridized carbons (Fsp3) is 0.714. The van der Waals surface area contributed by atoms with Gasteiger partial charge in [-0.1, -0.05) is 158 Å². The quantitative estimate of drug-likeness (QED) is 0.0273. The van der Waals surface area contributed by atoms with Crippen LogP contribution in [0.15, 0.2) is 60.8 Å². The molecule has 9 nitrogen and oxygen atoms in total. The molecule has 0 saturated heterocycles. The molecule has 0 bridgehead atoms. The van der Waals surface area contributed by atoms with E-state index >= 15 is 0 Å². The highest BCUT2D eigenvalue weighted by Gasteiger charge is 2.18. The van der Waals surface area contributed by atoms with Crippen molar-refractivity contribution in [2.75, 3.05) is 13.2 Å². The molecule has 0 heterocycles. The van der Waals surface area contributed by atoms with E-state index in [4.69, 9.17) is 14.9 Å². The van der Waals surface area contributed by atoms with Gasteiger partial charge in [-0.2, -0.15) is 0 Å². The standard InChI is InChI=1S/C49H84N2O7/c1-3-5-7-9-11-13-14-15-16-17-18-19-20-21-22-23-24-25-26-27-29-31-37-41-48(55)58-44(38-34-30-28-12-10-8-6-4-2)39-35-32-33-36-40-46(53)50-42-47(54)51-45(43-52)49(56)57/h12,14-15,17-18,20-21,28,34,38,44-45,52H,3-11,13,16,19,22-27,29-33,35-37,39-43H2,1-2H3,(H,50,53)(H,51,54)(H,56,57)/b15-14-,18-17-,21-20-,28-12-,38-34-. The van der Waals surface area contributed by atoms with Crippen molar-refractivity contribution in [2.45, 2.75) is 212 Å². The number of carbonyl (C=O) groups excluding carboxylic acids is 3. The van der Waals surface area contributed by atoms with Crippen LogP contribution in [0.4, 0.5) is 0 Å². The van der Waals surface area contributed by atoms with E-state index in [-0.39, 0.29) is 30.9 Å². The van der Waals surface area contributed by atoms with Gasteiger partial charge in [-0.15, -0.1) is 0 Å². The number of carbonyl (C=O) groups is 4.